The zero-order valence-electron chi connectivity index (χ0n) is 18.4. The van der Waals surface area contributed by atoms with Gasteiger partial charge in [0.25, 0.3) is 0 Å². The Morgan fingerprint density at radius 2 is 1.82 bits per heavy atom. The Balaban J connectivity index is 1.66. The lowest BCUT2D eigenvalue weighted by atomic mass is 9.84. The Kier molecular flexibility index (Phi) is 5.32. The Morgan fingerprint density at radius 1 is 1.03 bits per heavy atom. The largest absolute Gasteiger partial charge is 0.480 e. The van der Waals surface area contributed by atoms with Crippen LogP contribution in [0.25, 0.3) is 5.70 Å². The van der Waals surface area contributed by atoms with Crippen LogP contribution in [0.4, 0.5) is 5.95 Å². The third-order valence-electron chi connectivity index (χ3n) is 6.18. The van der Waals surface area contributed by atoms with E-state index in [1.165, 1.54) is 17.3 Å². The number of halogens is 2. The quantitative estimate of drug-likeness (QED) is 0.298. The van der Waals surface area contributed by atoms with Crippen LogP contribution in [0, 0.1) is 6.92 Å². The number of anilines is 1. The predicted molar refractivity (Wildman–Crippen MR) is 138 cm³/mol. The smallest absolute Gasteiger partial charge is 0.227 e. The third-order valence-corrected chi connectivity index (χ3v) is 7.30. The lowest BCUT2D eigenvalue weighted by Gasteiger charge is -2.39. The summed E-state index contributed by atoms with van der Waals surface area (Å²) in [5.74, 6) is 1.42. The van der Waals surface area contributed by atoms with Gasteiger partial charge in [-0.1, -0.05) is 83.0 Å². The molecule has 2 atom stereocenters. The number of ether oxygens (including phenoxy) is 1. The molecule has 0 spiro atoms. The molecule has 4 aromatic rings. The molecule has 8 heteroatoms. The molecule has 5 nitrogen and oxygen atoms in total. The summed E-state index contributed by atoms with van der Waals surface area (Å²) < 4.78 is 8.58. The van der Waals surface area contributed by atoms with Crippen LogP contribution in [0.2, 0.25) is 10.0 Å². The number of fused-ring (bicyclic) bond motifs is 3. The molecule has 0 radical (unpaired) electrons. The fourth-order valence-electron chi connectivity index (χ4n) is 4.58. The minimum Gasteiger partial charge on any atom is -0.480 e. The molecule has 0 bridgehead atoms. The van der Waals surface area contributed by atoms with Crippen molar-refractivity contribution in [1.82, 2.24) is 14.8 Å². The van der Waals surface area contributed by atoms with E-state index in [0.29, 0.717) is 21.2 Å². The third kappa shape index (κ3) is 3.49. The van der Waals surface area contributed by atoms with Crippen molar-refractivity contribution >= 4 is 46.6 Å². The minimum atomic E-state index is -0.425. The highest BCUT2D eigenvalue weighted by Crippen LogP contribution is 2.52. The molecule has 0 aliphatic carbocycles. The Hall–Kier alpha value is -2.93. The molecular formula is C26H20Cl2N4OS. The van der Waals surface area contributed by atoms with Gasteiger partial charge in [-0.25, -0.2) is 4.68 Å². The summed E-state index contributed by atoms with van der Waals surface area (Å²) in [5, 5.41) is 10.3. The topological polar surface area (TPSA) is 52.0 Å². The van der Waals surface area contributed by atoms with Gasteiger partial charge < -0.3 is 10.1 Å². The van der Waals surface area contributed by atoms with Crippen LogP contribution in [0.3, 0.4) is 0 Å². The first-order valence-corrected chi connectivity index (χ1v) is 12.8. The summed E-state index contributed by atoms with van der Waals surface area (Å²) >= 11 is 14.6. The molecule has 6 rings (SSSR count). The van der Waals surface area contributed by atoms with Gasteiger partial charge in [0.1, 0.15) is 11.8 Å². The van der Waals surface area contributed by atoms with Gasteiger partial charge in [0, 0.05) is 26.7 Å². The normalized spacial score (nSPS) is 18.5. The summed E-state index contributed by atoms with van der Waals surface area (Å²) in [6.45, 7) is 2.08. The van der Waals surface area contributed by atoms with E-state index in [1.54, 1.807) is 0 Å². The van der Waals surface area contributed by atoms with E-state index in [1.807, 2.05) is 53.4 Å². The summed E-state index contributed by atoms with van der Waals surface area (Å²) in [4.78, 5) is 4.73. The molecule has 3 aromatic carbocycles. The molecule has 0 saturated heterocycles. The average molecular weight is 507 g/mol. The zero-order chi connectivity index (χ0) is 23.4. The van der Waals surface area contributed by atoms with Crippen molar-refractivity contribution in [2.75, 3.05) is 11.6 Å². The van der Waals surface area contributed by atoms with Crippen LogP contribution < -0.4 is 10.1 Å². The first kappa shape index (κ1) is 21.6. The van der Waals surface area contributed by atoms with Crippen LogP contribution in [-0.2, 0) is 0 Å². The van der Waals surface area contributed by atoms with Gasteiger partial charge in [0.05, 0.1) is 5.70 Å². The van der Waals surface area contributed by atoms with E-state index in [4.69, 9.17) is 38.0 Å². The van der Waals surface area contributed by atoms with Gasteiger partial charge in [-0.05, 0) is 43.0 Å². The molecule has 2 aliphatic rings. The lowest BCUT2D eigenvalue weighted by molar-refractivity contribution is 0.223. The second-order valence-corrected chi connectivity index (χ2v) is 9.91. The van der Waals surface area contributed by atoms with Crippen LogP contribution >= 0.6 is 35.0 Å². The maximum absolute atomic E-state index is 6.70. The molecule has 0 unspecified atom stereocenters. The second kappa shape index (κ2) is 8.38. The monoisotopic (exact) mass is 506 g/mol. The molecule has 2 aliphatic heterocycles. The maximum atomic E-state index is 6.70. The molecule has 0 saturated carbocycles. The van der Waals surface area contributed by atoms with E-state index in [2.05, 4.69) is 36.5 Å². The number of hydrogen-bond acceptors (Lipinski definition) is 5. The number of aryl methyl sites for hydroxylation is 1. The van der Waals surface area contributed by atoms with Crippen molar-refractivity contribution in [3.8, 4) is 5.75 Å². The molecule has 0 amide bonds. The van der Waals surface area contributed by atoms with E-state index in [0.717, 1.165) is 33.7 Å². The van der Waals surface area contributed by atoms with Crippen LogP contribution in [0.15, 0.2) is 77.5 Å². The first-order valence-electron chi connectivity index (χ1n) is 10.8. The molecule has 0 fully saturated rings. The maximum Gasteiger partial charge on any atom is 0.227 e. The van der Waals surface area contributed by atoms with Gasteiger partial charge in [-0.3, -0.25) is 0 Å². The van der Waals surface area contributed by atoms with Crippen molar-refractivity contribution in [3.63, 3.8) is 0 Å². The Morgan fingerprint density at radius 3 is 2.59 bits per heavy atom. The minimum absolute atomic E-state index is 0.242. The molecule has 34 heavy (non-hydrogen) atoms. The standard InChI is InChI=1S/C26H20Cl2N4OS/c1-14-7-9-15(10-8-14)23-21-22(29-25-30-26(34-2)31-32(23)25)18-13-16(27)11-12-20(18)33-24(21)17-5-3-4-6-19(17)28/h3-13,23-24H,1-2H3,(H,29,30,31)/t23-,24+/m1/s1. The number of hydrogen-bond donors (Lipinski definition) is 1. The van der Waals surface area contributed by atoms with Crippen molar-refractivity contribution in [2.24, 2.45) is 0 Å². The highest BCUT2D eigenvalue weighted by atomic mass is 35.5. The number of benzene rings is 3. The Bertz CT molecular complexity index is 1450. The van der Waals surface area contributed by atoms with Gasteiger partial charge in [0.2, 0.25) is 11.1 Å². The van der Waals surface area contributed by atoms with Crippen molar-refractivity contribution < 1.29 is 4.74 Å². The van der Waals surface area contributed by atoms with Crippen LogP contribution in [0.5, 0.6) is 5.75 Å². The number of nitrogens with zero attached hydrogens (tertiary/aromatic N) is 3. The summed E-state index contributed by atoms with van der Waals surface area (Å²) in [6.07, 6.45) is 1.55. The SMILES string of the molecule is CSc1nc2n(n1)[C@H](c1ccc(C)cc1)C1=C(N2)c2cc(Cl)ccc2O[C@H]1c1ccccc1Cl. The van der Waals surface area contributed by atoms with E-state index in [-0.39, 0.29) is 6.04 Å². The predicted octanol–water partition coefficient (Wildman–Crippen LogP) is 7.18. The Labute approximate surface area is 211 Å². The molecule has 1 aromatic heterocycles. The molecule has 170 valence electrons. The van der Waals surface area contributed by atoms with E-state index >= 15 is 0 Å². The molecule has 1 N–H and O–H groups in total. The van der Waals surface area contributed by atoms with Gasteiger partial charge in [-0.2, -0.15) is 4.98 Å². The second-order valence-electron chi connectivity index (χ2n) is 8.30. The molecular weight excluding hydrogens is 487 g/mol. The number of rotatable bonds is 3. The average Bonchev–Trinajstić information content (AvgIpc) is 3.26. The van der Waals surface area contributed by atoms with E-state index in [9.17, 15) is 0 Å². The number of thioether (sulfide) groups is 1. The van der Waals surface area contributed by atoms with Crippen molar-refractivity contribution in [3.05, 3.63) is 105 Å². The highest BCUT2D eigenvalue weighted by molar-refractivity contribution is 7.98. The summed E-state index contributed by atoms with van der Waals surface area (Å²) in [5.41, 5.74) is 6.00. The number of aromatic nitrogens is 3. The van der Waals surface area contributed by atoms with Crippen molar-refractivity contribution in [2.45, 2.75) is 24.2 Å². The van der Waals surface area contributed by atoms with Crippen LogP contribution in [-0.4, -0.2) is 21.0 Å². The summed E-state index contributed by atoms with van der Waals surface area (Å²) in [7, 11) is 0. The summed E-state index contributed by atoms with van der Waals surface area (Å²) in [6, 6.07) is 21.7. The highest BCUT2D eigenvalue weighted by Gasteiger charge is 2.42. The lowest BCUT2D eigenvalue weighted by Crippen LogP contribution is -2.32. The fourth-order valence-corrected chi connectivity index (χ4v) is 5.34. The van der Waals surface area contributed by atoms with Gasteiger partial charge in [0.15, 0.2) is 6.10 Å². The zero-order valence-corrected chi connectivity index (χ0v) is 20.7. The number of nitrogens with one attached hydrogen (secondary N) is 1. The van der Waals surface area contributed by atoms with Crippen molar-refractivity contribution in [1.29, 1.82) is 0 Å². The van der Waals surface area contributed by atoms with E-state index < -0.39 is 6.10 Å². The first-order chi connectivity index (χ1) is 16.5. The van der Waals surface area contributed by atoms with Crippen LogP contribution in [0.1, 0.15) is 34.4 Å². The fraction of sp³-hybridized carbons (Fsp3) is 0.154. The molecule has 3 heterocycles. The van der Waals surface area contributed by atoms with Gasteiger partial charge in [-0.15, -0.1) is 5.10 Å². The van der Waals surface area contributed by atoms with Gasteiger partial charge >= 0.3 is 0 Å².